The van der Waals surface area contributed by atoms with E-state index in [1.165, 1.54) is 35.1 Å². The van der Waals surface area contributed by atoms with Crippen LogP contribution in [0.1, 0.15) is 45.1 Å². The SMILES string of the molecule is CCOC(=O)c1nn(-c2ccc([N+](=O)[O-])cc2)cc1OCC(=O)N(C(C)C)C(C)C. The van der Waals surface area contributed by atoms with Gasteiger partial charge in [-0.1, -0.05) is 0 Å². The number of rotatable bonds is 9. The number of non-ortho nitro benzene ring substituents is 1. The van der Waals surface area contributed by atoms with E-state index in [1.807, 2.05) is 27.7 Å². The Bertz CT molecular complexity index is 897. The average Bonchev–Trinajstić information content (AvgIpc) is 3.10. The van der Waals surface area contributed by atoms with Crippen molar-refractivity contribution in [2.75, 3.05) is 13.2 Å². The van der Waals surface area contributed by atoms with E-state index in [0.29, 0.717) is 5.69 Å². The second kappa shape index (κ2) is 9.86. The highest BCUT2D eigenvalue weighted by atomic mass is 16.6. The molecule has 162 valence electrons. The lowest BCUT2D eigenvalue weighted by atomic mass is 10.2. The first-order chi connectivity index (χ1) is 14.1. The fourth-order valence-electron chi connectivity index (χ4n) is 3.05. The Balaban J connectivity index is 2.30. The number of benzene rings is 1. The largest absolute Gasteiger partial charge is 0.480 e. The van der Waals surface area contributed by atoms with E-state index in [9.17, 15) is 19.7 Å². The van der Waals surface area contributed by atoms with Crippen LogP contribution in [0.25, 0.3) is 5.69 Å². The molecule has 0 saturated carbocycles. The predicted molar refractivity (Wildman–Crippen MR) is 109 cm³/mol. The fourth-order valence-corrected chi connectivity index (χ4v) is 3.05. The number of esters is 1. The summed E-state index contributed by atoms with van der Waals surface area (Å²) < 4.78 is 12.0. The van der Waals surface area contributed by atoms with Crippen LogP contribution in [0.3, 0.4) is 0 Å². The maximum absolute atomic E-state index is 12.6. The van der Waals surface area contributed by atoms with E-state index in [2.05, 4.69) is 5.10 Å². The molecule has 0 aliphatic carbocycles. The first-order valence-corrected chi connectivity index (χ1v) is 9.61. The number of nitro groups is 1. The van der Waals surface area contributed by atoms with Crippen molar-refractivity contribution in [1.82, 2.24) is 14.7 Å². The van der Waals surface area contributed by atoms with Gasteiger partial charge in [-0.25, -0.2) is 9.48 Å². The van der Waals surface area contributed by atoms with Crippen molar-refractivity contribution in [3.8, 4) is 11.4 Å². The third-order valence-corrected chi connectivity index (χ3v) is 4.23. The lowest BCUT2D eigenvalue weighted by molar-refractivity contribution is -0.384. The van der Waals surface area contributed by atoms with Crippen LogP contribution >= 0.6 is 0 Å². The fraction of sp³-hybridized carbons (Fsp3) is 0.450. The molecule has 0 N–H and O–H groups in total. The van der Waals surface area contributed by atoms with Gasteiger partial charge in [-0.3, -0.25) is 14.9 Å². The molecule has 0 bridgehead atoms. The van der Waals surface area contributed by atoms with Crippen LogP contribution in [0.2, 0.25) is 0 Å². The summed E-state index contributed by atoms with van der Waals surface area (Å²) >= 11 is 0. The van der Waals surface area contributed by atoms with Gasteiger partial charge >= 0.3 is 5.97 Å². The molecule has 0 spiro atoms. The summed E-state index contributed by atoms with van der Waals surface area (Å²) in [5, 5.41) is 15.0. The Morgan fingerprint density at radius 2 is 1.77 bits per heavy atom. The lowest BCUT2D eigenvalue weighted by Crippen LogP contribution is -2.44. The first kappa shape index (κ1) is 22.9. The highest BCUT2D eigenvalue weighted by Crippen LogP contribution is 2.23. The van der Waals surface area contributed by atoms with Crippen LogP contribution in [-0.2, 0) is 9.53 Å². The summed E-state index contributed by atoms with van der Waals surface area (Å²) in [5.41, 5.74) is 0.336. The molecule has 1 aromatic heterocycles. The van der Waals surface area contributed by atoms with Crippen molar-refractivity contribution in [3.63, 3.8) is 0 Å². The van der Waals surface area contributed by atoms with Gasteiger partial charge in [-0.2, -0.15) is 5.10 Å². The Kier molecular flexibility index (Phi) is 7.51. The normalized spacial score (nSPS) is 10.9. The van der Waals surface area contributed by atoms with E-state index in [-0.39, 0.29) is 48.3 Å². The average molecular weight is 418 g/mol. The van der Waals surface area contributed by atoms with Crippen LogP contribution in [-0.4, -0.2) is 56.8 Å². The molecule has 0 radical (unpaired) electrons. The quantitative estimate of drug-likeness (QED) is 0.349. The smallest absolute Gasteiger partial charge is 0.362 e. The van der Waals surface area contributed by atoms with Crippen LogP contribution in [0.5, 0.6) is 5.75 Å². The number of aromatic nitrogens is 2. The van der Waals surface area contributed by atoms with Gasteiger partial charge in [0.05, 0.1) is 23.4 Å². The van der Waals surface area contributed by atoms with Gasteiger partial charge < -0.3 is 14.4 Å². The molecule has 1 amide bonds. The number of hydrogen-bond acceptors (Lipinski definition) is 7. The molecule has 0 aliphatic rings. The van der Waals surface area contributed by atoms with Gasteiger partial charge in [0.2, 0.25) is 5.69 Å². The molecule has 0 aliphatic heterocycles. The maximum Gasteiger partial charge on any atom is 0.362 e. The predicted octanol–water partition coefficient (Wildman–Crippen LogP) is 2.98. The van der Waals surface area contributed by atoms with Crippen molar-refractivity contribution < 1.29 is 24.0 Å². The van der Waals surface area contributed by atoms with Gasteiger partial charge in [0.25, 0.3) is 11.6 Å². The Labute approximate surface area is 174 Å². The molecule has 1 aromatic carbocycles. The standard InChI is InChI=1S/C20H26N4O6/c1-6-29-20(26)19-17(30-12-18(25)23(13(2)3)14(4)5)11-22(21-19)15-7-9-16(10-8-15)24(27)28/h7-11,13-14H,6,12H2,1-5H3. The summed E-state index contributed by atoms with van der Waals surface area (Å²) in [5.74, 6) is -0.823. The number of ether oxygens (including phenoxy) is 2. The number of amides is 1. The molecular weight excluding hydrogens is 392 g/mol. The number of hydrogen-bond donors (Lipinski definition) is 0. The topological polar surface area (TPSA) is 117 Å². The van der Waals surface area contributed by atoms with Crippen LogP contribution < -0.4 is 4.74 Å². The van der Waals surface area contributed by atoms with E-state index in [1.54, 1.807) is 11.8 Å². The van der Waals surface area contributed by atoms with Crippen molar-refractivity contribution in [1.29, 1.82) is 0 Å². The Morgan fingerprint density at radius 3 is 2.27 bits per heavy atom. The number of carbonyl (C=O) groups is 2. The molecule has 10 heteroatoms. The lowest BCUT2D eigenvalue weighted by Gasteiger charge is -2.30. The second-order valence-electron chi connectivity index (χ2n) is 7.06. The van der Waals surface area contributed by atoms with Gasteiger partial charge in [-0.05, 0) is 46.8 Å². The zero-order valence-electron chi connectivity index (χ0n) is 17.7. The van der Waals surface area contributed by atoms with Gasteiger partial charge in [-0.15, -0.1) is 0 Å². The van der Waals surface area contributed by atoms with E-state index in [4.69, 9.17) is 9.47 Å². The van der Waals surface area contributed by atoms with Gasteiger partial charge in [0, 0.05) is 24.2 Å². The highest BCUT2D eigenvalue weighted by Gasteiger charge is 2.24. The molecule has 10 nitrogen and oxygen atoms in total. The van der Waals surface area contributed by atoms with E-state index in [0.717, 1.165) is 0 Å². The summed E-state index contributed by atoms with van der Waals surface area (Å²) in [6.45, 7) is 9.19. The van der Waals surface area contributed by atoms with Gasteiger partial charge in [0.15, 0.2) is 12.4 Å². The number of carbonyl (C=O) groups excluding carboxylic acids is 2. The monoisotopic (exact) mass is 418 g/mol. The summed E-state index contributed by atoms with van der Waals surface area (Å²) in [7, 11) is 0. The number of nitro benzene ring substituents is 1. The molecule has 30 heavy (non-hydrogen) atoms. The van der Waals surface area contributed by atoms with Gasteiger partial charge in [0.1, 0.15) is 0 Å². The molecule has 2 rings (SSSR count). The van der Waals surface area contributed by atoms with Crippen molar-refractivity contribution in [3.05, 3.63) is 46.3 Å². The van der Waals surface area contributed by atoms with Crippen molar-refractivity contribution in [2.45, 2.75) is 46.7 Å². The van der Waals surface area contributed by atoms with Crippen LogP contribution in [0.15, 0.2) is 30.5 Å². The molecule has 0 unspecified atom stereocenters. The zero-order valence-corrected chi connectivity index (χ0v) is 17.7. The minimum Gasteiger partial charge on any atom is -0.480 e. The van der Waals surface area contributed by atoms with E-state index >= 15 is 0 Å². The summed E-state index contributed by atoms with van der Waals surface area (Å²) in [6.07, 6.45) is 1.44. The Morgan fingerprint density at radius 1 is 1.17 bits per heavy atom. The minimum atomic E-state index is -0.690. The van der Waals surface area contributed by atoms with Crippen LogP contribution in [0.4, 0.5) is 5.69 Å². The molecule has 1 heterocycles. The summed E-state index contributed by atoms with van der Waals surface area (Å²) in [4.78, 5) is 36.9. The third kappa shape index (κ3) is 5.34. The highest BCUT2D eigenvalue weighted by molar-refractivity contribution is 5.90. The Hall–Kier alpha value is -3.43. The zero-order chi connectivity index (χ0) is 22.4. The molecule has 0 saturated heterocycles. The second-order valence-corrected chi connectivity index (χ2v) is 7.06. The van der Waals surface area contributed by atoms with E-state index < -0.39 is 10.9 Å². The van der Waals surface area contributed by atoms with Crippen molar-refractivity contribution >= 4 is 17.6 Å². The molecule has 0 fully saturated rings. The maximum atomic E-state index is 12.6. The summed E-state index contributed by atoms with van der Waals surface area (Å²) in [6, 6.07) is 5.63. The molecule has 2 aromatic rings. The van der Waals surface area contributed by atoms with Crippen LogP contribution in [0, 0.1) is 10.1 Å². The van der Waals surface area contributed by atoms with Crippen molar-refractivity contribution in [2.24, 2.45) is 0 Å². The third-order valence-electron chi connectivity index (χ3n) is 4.23. The first-order valence-electron chi connectivity index (χ1n) is 9.61. The number of nitrogens with zero attached hydrogens (tertiary/aromatic N) is 4. The minimum absolute atomic E-state index is 0.00606. The molecule has 0 atom stereocenters. The molecular formula is C20H26N4O6.